The molecule has 5 nitrogen and oxygen atoms in total. The van der Waals surface area contributed by atoms with Crippen LogP contribution < -0.4 is 0 Å². The van der Waals surface area contributed by atoms with Gasteiger partial charge in [-0.05, 0) is 36.5 Å². The molecule has 5 heteroatoms. The molecule has 0 heterocycles. The van der Waals surface area contributed by atoms with Crippen LogP contribution in [-0.2, 0) is 14.3 Å². The van der Waals surface area contributed by atoms with Crippen LogP contribution in [0.25, 0.3) is 0 Å². The summed E-state index contributed by atoms with van der Waals surface area (Å²) in [7, 11) is 0. The number of ether oxygens (including phenoxy) is 1. The summed E-state index contributed by atoms with van der Waals surface area (Å²) in [5, 5.41) is 20.3. The van der Waals surface area contributed by atoms with Gasteiger partial charge in [-0.25, -0.2) is 0 Å². The number of rotatable bonds is 3. The predicted octanol–water partition coefficient (Wildman–Crippen LogP) is 3.00. The molecule has 5 atom stereocenters. The van der Waals surface area contributed by atoms with E-state index >= 15 is 0 Å². The molecule has 0 radical (unpaired) electrons. The fraction of sp³-hybridized carbons (Fsp3) is 0.889. The minimum Gasteiger partial charge on any atom is -0.481 e. The molecule has 2 aliphatic carbocycles. The molecule has 0 aromatic heterocycles. The number of aliphatic hydroxyl groups excluding tert-OH is 1. The predicted molar refractivity (Wildman–Crippen MR) is 85.8 cm³/mol. The molecule has 23 heavy (non-hydrogen) atoms. The molecule has 2 aliphatic rings. The van der Waals surface area contributed by atoms with Crippen LogP contribution in [0.1, 0.15) is 66.7 Å². The first kappa shape index (κ1) is 18.2. The van der Waals surface area contributed by atoms with E-state index in [0.29, 0.717) is 6.42 Å². The first-order chi connectivity index (χ1) is 10.4. The number of carboxylic acids is 1. The van der Waals surface area contributed by atoms with Gasteiger partial charge in [0.05, 0.1) is 12.5 Å². The SMILES string of the molecule is CC(=O)OC1(C)CC(O)C2C(C)(C)CCCC2(C)C1CC(=O)O. The topological polar surface area (TPSA) is 83.8 Å². The van der Waals surface area contributed by atoms with Crippen LogP contribution in [0, 0.1) is 22.7 Å². The molecule has 2 saturated carbocycles. The minimum atomic E-state index is -0.942. The lowest BCUT2D eigenvalue weighted by Gasteiger charge is -2.63. The molecule has 2 fully saturated rings. The number of hydrogen-bond donors (Lipinski definition) is 2. The van der Waals surface area contributed by atoms with Gasteiger partial charge in [0, 0.05) is 19.3 Å². The lowest BCUT2D eigenvalue weighted by molar-refractivity contribution is -0.229. The zero-order valence-corrected chi connectivity index (χ0v) is 14.9. The van der Waals surface area contributed by atoms with Gasteiger partial charge in [0.2, 0.25) is 0 Å². The summed E-state index contributed by atoms with van der Waals surface area (Å²) < 4.78 is 5.58. The van der Waals surface area contributed by atoms with Gasteiger partial charge >= 0.3 is 11.9 Å². The molecule has 0 bridgehead atoms. The summed E-state index contributed by atoms with van der Waals surface area (Å²) in [6.07, 6.45) is 2.54. The Morgan fingerprint density at radius 1 is 1.17 bits per heavy atom. The van der Waals surface area contributed by atoms with E-state index in [1.165, 1.54) is 6.92 Å². The van der Waals surface area contributed by atoms with Crippen LogP contribution in [0.2, 0.25) is 0 Å². The van der Waals surface area contributed by atoms with Gasteiger partial charge < -0.3 is 14.9 Å². The number of aliphatic carboxylic acids is 1. The number of aliphatic hydroxyl groups is 1. The highest BCUT2D eigenvalue weighted by molar-refractivity contribution is 5.69. The maximum Gasteiger partial charge on any atom is 0.303 e. The second-order valence-electron chi connectivity index (χ2n) is 8.65. The second kappa shape index (κ2) is 5.76. The van der Waals surface area contributed by atoms with E-state index in [-0.39, 0.29) is 29.1 Å². The Balaban J connectivity index is 2.51. The number of esters is 1. The zero-order chi connectivity index (χ0) is 17.6. The third kappa shape index (κ3) is 3.12. The highest BCUT2D eigenvalue weighted by Gasteiger charge is 2.63. The van der Waals surface area contributed by atoms with Crippen molar-refractivity contribution >= 4 is 11.9 Å². The van der Waals surface area contributed by atoms with Gasteiger partial charge in [-0.15, -0.1) is 0 Å². The monoisotopic (exact) mass is 326 g/mol. The Labute approximate surface area is 138 Å². The van der Waals surface area contributed by atoms with E-state index in [1.807, 2.05) is 0 Å². The van der Waals surface area contributed by atoms with Crippen LogP contribution >= 0.6 is 0 Å². The van der Waals surface area contributed by atoms with Crippen molar-refractivity contribution in [3.05, 3.63) is 0 Å². The fourth-order valence-electron chi connectivity index (χ4n) is 5.92. The smallest absolute Gasteiger partial charge is 0.303 e. The molecule has 2 rings (SSSR count). The largest absolute Gasteiger partial charge is 0.481 e. The van der Waals surface area contributed by atoms with Crippen molar-refractivity contribution in [2.75, 3.05) is 0 Å². The van der Waals surface area contributed by atoms with Gasteiger partial charge in [0.1, 0.15) is 5.60 Å². The standard InChI is InChI=1S/C18H30O5/c1-11(19)23-18(5)10-12(20)15-16(2,3)7-6-8-17(15,4)13(18)9-14(21)22/h12-13,15,20H,6-10H2,1-5H3,(H,21,22). The van der Waals surface area contributed by atoms with E-state index < -0.39 is 23.6 Å². The van der Waals surface area contributed by atoms with Crippen molar-refractivity contribution in [3.8, 4) is 0 Å². The van der Waals surface area contributed by atoms with Crippen LogP contribution in [0.15, 0.2) is 0 Å². The molecule has 0 spiro atoms. The Kier molecular flexibility index (Phi) is 4.57. The summed E-state index contributed by atoms with van der Waals surface area (Å²) >= 11 is 0. The fourth-order valence-corrected chi connectivity index (χ4v) is 5.92. The summed E-state index contributed by atoms with van der Waals surface area (Å²) in [5.74, 6) is -1.60. The van der Waals surface area contributed by atoms with E-state index in [0.717, 1.165) is 19.3 Å². The molecule has 0 aromatic carbocycles. The quantitative estimate of drug-likeness (QED) is 0.779. The highest BCUT2D eigenvalue weighted by Crippen LogP contribution is 2.63. The number of fused-ring (bicyclic) bond motifs is 1. The van der Waals surface area contributed by atoms with Gasteiger partial charge in [-0.3, -0.25) is 9.59 Å². The molecule has 0 amide bonds. The average molecular weight is 326 g/mol. The first-order valence-corrected chi connectivity index (χ1v) is 8.52. The van der Waals surface area contributed by atoms with Crippen molar-refractivity contribution in [1.82, 2.24) is 0 Å². The molecular formula is C18H30O5. The average Bonchev–Trinajstić information content (AvgIpc) is 2.31. The molecule has 0 saturated heterocycles. The molecule has 5 unspecified atom stereocenters. The number of hydrogen-bond acceptors (Lipinski definition) is 4. The third-order valence-corrected chi connectivity index (χ3v) is 6.38. The molecular weight excluding hydrogens is 296 g/mol. The summed E-state index contributed by atoms with van der Waals surface area (Å²) in [5.41, 5.74) is -1.36. The number of carbonyl (C=O) groups excluding carboxylic acids is 1. The molecule has 132 valence electrons. The van der Waals surface area contributed by atoms with Crippen LogP contribution in [0.5, 0.6) is 0 Å². The highest BCUT2D eigenvalue weighted by atomic mass is 16.6. The molecule has 0 aromatic rings. The summed E-state index contributed by atoms with van der Waals surface area (Å²) in [6.45, 7) is 9.52. The maximum atomic E-state index is 11.6. The normalized spacial score (nSPS) is 42.6. The van der Waals surface area contributed by atoms with Crippen LogP contribution in [0.4, 0.5) is 0 Å². The Morgan fingerprint density at radius 3 is 2.30 bits per heavy atom. The first-order valence-electron chi connectivity index (χ1n) is 8.52. The zero-order valence-electron chi connectivity index (χ0n) is 14.9. The molecule has 0 aliphatic heterocycles. The van der Waals surface area contributed by atoms with Gasteiger partial charge in [-0.1, -0.05) is 27.2 Å². The van der Waals surface area contributed by atoms with E-state index in [9.17, 15) is 19.8 Å². The van der Waals surface area contributed by atoms with Gasteiger partial charge in [-0.2, -0.15) is 0 Å². The lowest BCUT2D eigenvalue weighted by atomic mass is 9.44. The van der Waals surface area contributed by atoms with Gasteiger partial charge in [0.15, 0.2) is 0 Å². The maximum absolute atomic E-state index is 11.6. The second-order valence-corrected chi connectivity index (χ2v) is 8.65. The van der Waals surface area contributed by atoms with Crippen molar-refractivity contribution in [2.24, 2.45) is 22.7 Å². The summed E-state index contributed by atoms with van der Waals surface area (Å²) in [6, 6.07) is 0. The Morgan fingerprint density at radius 2 is 1.78 bits per heavy atom. The van der Waals surface area contributed by atoms with E-state index in [1.54, 1.807) is 6.92 Å². The van der Waals surface area contributed by atoms with Gasteiger partial charge in [0.25, 0.3) is 0 Å². The Hall–Kier alpha value is -1.10. The van der Waals surface area contributed by atoms with E-state index in [4.69, 9.17) is 4.74 Å². The van der Waals surface area contributed by atoms with E-state index in [2.05, 4.69) is 20.8 Å². The Bertz CT molecular complexity index is 500. The lowest BCUT2D eigenvalue weighted by Crippen LogP contribution is -2.64. The van der Waals surface area contributed by atoms with Crippen molar-refractivity contribution < 1.29 is 24.5 Å². The third-order valence-electron chi connectivity index (χ3n) is 6.38. The van der Waals surface area contributed by atoms with Crippen molar-refractivity contribution in [3.63, 3.8) is 0 Å². The van der Waals surface area contributed by atoms with Crippen molar-refractivity contribution in [2.45, 2.75) is 78.4 Å². The number of carbonyl (C=O) groups is 2. The van der Waals surface area contributed by atoms with Crippen LogP contribution in [0.3, 0.4) is 0 Å². The minimum absolute atomic E-state index is 0.0109. The summed E-state index contributed by atoms with van der Waals surface area (Å²) in [4.78, 5) is 23.1. The molecule has 2 N–H and O–H groups in total. The van der Waals surface area contributed by atoms with Crippen molar-refractivity contribution in [1.29, 1.82) is 0 Å². The number of carboxylic acid groups (broad SMARTS) is 1. The van der Waals surface area contributed by atoms with Crippen LogP contribution in [-0.4, -0.2) is 33.9 Å².